The fourth-order valence-corrected chi connectivity index (χ4v) is 6.65. The summed E-state index contributed by atoms with van der Waals surface area (Å²) in [5.41, 5.74) is 6.87. The van der Waals surface area contributed by atoms with Crippen LogP contribution in [0.5, 0.6) is 5.75 Å². The molecule has 3 aromatic carbocycles. The molecule has 0 bridgehead atoms. The highest BCUT2D eigenvalue weighted by molar-refractivity contribution is 6.31. The molecule has 0 unspecified atom stereocenters. The molecule has 1 spiro atoms. The molecule has 10 heteroatoms. The first-order chi connectivity index (χ1) is 19.3. The van der Waals surface area contributed by atoms with E-state index in [2.05, 4.69) is 36.7 Å². The summed E-state index contributed by atoms with van der Waals surface area (Å²) in [5.74, 6) is -1.54. The predicted octanol–water partition coefficient (Wildman–Crippen LogP) is 5.49. The zero-order valence-corrected chi connectivity index (χ0v) is 24.7. The van der Waals surface area contributed by atoms with E-state index in [1.165, 1.54) is 19.2 Å². The highest BCUT2D eigenvalue weighted by Crippen LogP contribution is 2.56. The Balaban J connectivity index is 1.67. The van der Waals surface area contributed by atoms with Crippen LogP contribution in [0.25, 0.3) is 0 Å². The summed E-state index contributed by atoms with van der Waals surface area (Å²) < 4.78 is 5.44. The Kier molecular flexibility index (Phi) is 7.53. The van der Waals surface area contributed by atoms with Gasteiger partial charge in [0.15, 0.2) is 0 Å². The number of anilines is 2. The molecule has 1 fully saturated rings. The van der Waals surface area contributed by atoms with Gasteiger partial charge in [0.25, 0.3) is 0 Å². The van der Waals surface area contributed by atoms with Gasteiger partial charge in [0.2, 0.25) is 17.7 Å². The maximum Gasteiger partial charge on any atom is 0.248 e. The SMILES string of the molecule is COc1cc(C(N)=O)ccc1NC(=O)[C@@H]1N[C@@H](CC(C)(C)C)[C@@]2(C(=O)Nc3cc(Cl)ccc32)[C@H]1c1cccc(Cl)c1. The first-order valence-corrected chi connectivity index (χ1v) is 14.0. The van der Waals surface area contributed by atoms with Gasteiger partial charge in [0, 0.05) is 33.3 Å². The summed E-state index contributed by atoms with van der Waals surface area (Å²) in [7, 11) is 1.44. The standard InChI is InChI=1S/C31H32Cl2N4O4/c1-30(2,3)15-24-31(20-10-9-19(33)14-22(20)36-29(31)40)25(16-6-5-7-18(32)12-16)26(37-24)28(39)35-21-11-8-17(27(34)38)13-23(21)41-4/h5-14,24-26,37H,15H2,1-4H3,(H2,34,38)(H,35,39)(H,36,40)/t24-,25-,26+,31+/m0/s1. The van der Waals surface area contributed by atoms with Crippen molar-refractivity contribution < 1.29 is 19.1 Å². The number of hydrogen-bond acceptors (Lipinski definition) is 5. The average Bonchev–Trinajstić information content (AvgIpc) is 3.37. The first kappa shape index (κ1) is 28.9. The number of carbonyl (C=O) groups excluding carboxylic acids is 3. The number of nitrogens with two attached hydrogens (primary N) is 1. The van der Waals surface area contributed by atoms with Gasteiger partial charge in [0.1, 0.15) is 11.2 Å². The second kappa shape index (κ2) is 10.7. The van der Waals surface area contributed by atoms with Crippen molar-refractivity contribution in [3.63, 3.8) is 0 Å². The Morgan fingerprint density at radius 1 is 1.05 bits per heavy atom. The third-order valence-electron chi connectivity index (χ3n) is 7.86. The molecule has 214 valence electrons. The monoisotopic (exact) mass is 594 g/mol. The third kappa shape index (κ3) is 5.16. The molecule has 4 atom stereocenters. The highest BCUT2D eigenvalue weighted by Gasteiger charge is 2.65. The van der Waals surface area contributed by atoms with Gasteiger partial charge in [-0.3, -0.25) is 14.4 Å². The van der Waals surface area contributed by atoms with Crippen LogP contribution in [-0.2, 0) is 15.0 Å². The van der Waals surface area contributed by atoms with Crippen LogP contribution in [0.3, 0.4) is 0 Å². The van der Waals surface area contributed by atoms with E-state index < -0.39 is 29.3 Å². The number of primary amides is 1. The molecule has 41 heavy (non-hydrogen) atoms. The van der Waals surface area contributed by atoms with Crippen LogP contribution in [-0.4, -0.2) is 36.9 Å². The maximum atomic E-state index is 14.2. The smallest absolute Gasteiger partial charge is 0.248 e. The number of benzene rings is 3. The van der Waals surface area contributed by atoms with Crippen LogP contribution in [0.2, 0.25) is 10.0 Å². The maximum absolute atomic E-state index is 14.2. The number of amides is 3. The first-order valence-electron chi connectivity index (χ1n) is 13.3. The minimum Gasteiger partial charge on any atom is -0.495 e. The summed E-state index contributed by atoms with van der Waals surface area (Å²) >= 11 is 12.8. The molecule has 3 aromatic rings. The van der Waals surface area contributed by atoms with Crippen molar-refractivity contribution in [1.29, 1.82) is 0 Å². The van der Waals surface area contributed by atoms with Gasteiger partial charge in [-0.15, -0.1) is 0 Å². The molecule has 1 saturated heterocycles. The number of fused-ring (bicyclic) bond motifs is 2. The van der Waals surface area contributed by atoms with Crippen molar-refractivity contribution in [2.24, 2.45) is 11.1 Å². The van der Waals surface area contributed by atoms with Gasteiger partial charge in [-0.1, -0.05) is 62.2 Å². The van der Waals surface area contributed by atoms with Crippen molar-refractivity contribution in [3.05, 3.63) is 87.4 Å². The van der Waals surface area contributed by atoms with E-state index in [4.69, 9.17) is 33.7 Å². The lowest BCUT2D eigenvalue weighted by Crippen LogP contribution is -2.49. The summed E-state index contributed by atoms with van der Waals surface area (Å²) in [6.45, 7) is 6.31. The van der Waals surface area contributed by atoms with Crippen LogP contribution in [0.15, 0.2) is 60.7 Å². The summed E-state index contributed by atoms with van der Waals surface area (Å²) in [6.07, 6.45) is 0.597. The number of carbonyl (C=O) groups is 3. The van der Waals surface area contributed by atoms with Crippen molar-refractivity contribution in [3.8, 4) is 5.75 Å². The van der Waals surface area contributed by atoms with E-state index in [-0.39, 0.29) is 28.5 Å². The van der Waals surface area contributed by atoms with Gasteiger partial charge in [-0.2, -0.15) is 0 Å². The molecule has 2 aliphatic heterocycles. The van der Waals surface area contributed by atoms with Crippen molar-refractivity contribution in [1.82, 2.24) is 5.32 Å². The molecule has 0 saturated carbocycles. The average molecular weight is 596 g/mol. The third-order valence-corrected chi connectivity index (χ3v) is 8.33. The number of ether oxygens (including phenoxy) is 1. The van der Waals surface area contributed by atoms with Gasteiger partial charge < -0.3 is 26.4 Å². The Morgan fingerprint density at radius 2 is 1.78 bits per heavy atom. The van der Waals surface area contributed by atoms with E-state index in [1.54, 1.807) is 30.3 Å². The number of methoxy groups -OCH3 is 1. The van der Waals surface area contributed by atoms with Crippen LogP contribution < -0.4 is 26.4 Å². The zero-order chi connectivity index (χ0) is 29.7. The second-order valence-electron chi connectivity index (χ2n) is 11.8. The Hall–Kier alpha value is -3.59. The fraction of sp³-hybridized carbons (Fsp3) is 0.323. The topological polar surface area (TPSA) is 123 Å². The van der Waals surface area contributed by atoms with Crippen LogP contribution >= 0.6 is 23.2 Å². The van der Waals surface area contributed by atoms with Gasteiger partial charge in [0.05, 0.1) is 18.8 Å². The van der Waals surface area contributed by atoms with Crippen LogP contribution in [0.1, 0.15) is 54.6 Å². The molecule has 2 aliphatic rings. The minimum atomic E-state index is -1.14. The molecule has 2 heterocycles. The molecule has 5 rings (SSSR count). The number of halogens is 2. The van der Waals surface area contributed by atoms with Gasteiger partial charge in [-0.25, -0.2) is 0 Å². The minimum absolute atomic E-state index is 0.182. The highest BCUT2D eigenvalue weighted by atomic mass is 35.5. The molecule has 5 N–H and O–H groups in total. The number of nitrogens with one attached hydrogen (secondary N) is 3. The lowest BCUT2D eigenvalue weighted by atomic mass is 9.62. The van der Waals surface area contributed by atoms with Crippen molar-refractivity contribution in [2.45, 2.75) is 50.6 Å². The Bertz CT molecular complexity index is 1550. The molecule has 0 aromatic heterocycles. The molecule has 8 nitrogen and oxygen atoms in total. The second-order valence-corrected chi connectivity index (χ2v) is 12.6. The zero-order valence-electron chi connectivity index (χ0n) is 23.2. The number of rotatable bonds is 6. The van der Waals surface area contributed by atoms with Gasteiger partial charge in [-0.05, 0) is 65.4 Å². The van der Waals surface area contributed by atoms with E-state index in [1.807, 2.05) is 18.2 Å². The quantitative estimate of drug-likeness (QED) is 0.300. The summed E-state index contributed by atoms with van der Waals surface area (Å²) in [6, 6.07) is 16.0. The normalized spacial score (nSPS) is 23.3. The largest absolute Gasteiger partial charge is 0.495 e. The summed E-state index contributed by atoms with van der Waals surface area (Å²) in [4.78, 5) is 40.1. The summed E-state index contributed by atoms with van der Waals surface area (Å²) in [5, 5.41) is 10.6. The number of hydrogen-bond donors (Lipinski definition) is 4. The van der Waals surface area contributed by atoms with Crippen molar-refractivity contribution in [2.75, 3.05) is 17.7 Å². The van der Waals surface area contributed by atoms with Crippen molar-refractivity contribution >= 4 is 52.3 Å². The molecular weight excluding hydrogens is 563 g/mol. The van der Waals surface area contributed by atoms with E-state index in [0.29, 0.717) is 27.8 Å². The van der Waals surface area contributed by atoms with Gasteiger partial charge >= 0.3 is 0 Å². The van der Waals surface area contributed by atoms with E-state index in [9.17, 15) is 14.4 Å². The lowest BCUT2D eigenvalue weighted by molar-refractivity contribution is -0.122. The Labute approximate surface area is 248 Å². The molecule has 0 aliphatic carbocycles. The molecule has 3 amide bonds. The fourth-order valence-electron chi connectivity index (χ4n) is 6.28. The molecule has 0 radical (unpaired) electrons. The van der Waals surface area contributed by atoms with E-state index >= 15 is 0 Å². The van der Waals surface area contributed by atoms with E-state index in [0.717, 1.165) is 11.1 Å². The Morgan fingerprint density at radius 3 is 2.44 bits per heavy atom. The predicted molar refractivity (Wildman–Crippen MR) is 161 cm³/mol. The van der Waals surface area contributed by atoms with Crippen LogP contribution in [0.4, 0.5) is 11.4 Å². The molecular formula is C31H32Cl2N4O4. The lowest BCUT2D eigenvalue weighted by Gasteiger charge is -2.37. The van der Waals surface area contributed by atoms with Crippen LogP contribution in [0, 0.1) is 5.41 Å².